The summed E-state index contributed by atoms with van der Waals surface area (Å²) in [6, 6.07) is 11.4. The topological polar surface area (TPSA) is 113 Å². The van der Waals surface area contributed by atoms with E-state index in [-0.39, 0.29) is 24.3 Å². The second-order valence-corrected chi connectivity index (χ2v) is 8.02. The average molecular weight is 419 g/mol. The molecule has 0 saturated heterocycles. The van der Waals surface area contributed by atoms with Crippen molar-refractivity contribution in [1.29, 1.82) is 0 Å². The first kappa shape index (κ1) is 20.0. The van der Waals surface area contributed by atoms with Gasteiger partial charge in [-0.1, -0.05) is 23.7 Å². The smallest absolute Gasteiger partial charge is 0.316 e. The Balaban J connectivity index is 1.58. The van der Waals surface area contributed by atoms with E-state index < -0.39 is 11.3 Å². The number of halogens is 1. The Labute approximate surface area is 171 Å². The highest BCUT2D eigenvalue weighted by Crippen LogP contribution is 2.38. The molecule has 2 aromatic rings. The molecular formula is C19H19ClN4O3S. The summed E-state index contributed by atoms with van der Waals surface area (Å²) in [7, 11) is 0. The zero-order valence-corrected chi connectivity index (χ0v) is 16.6. The number of hydrogen-bond donors (Lipinski definition) is 4. The SMILES string of the molecule is CC(NC(=O)CC1Sc2ccc(Cl)cc2NC1=O)c1ccc(NC(N)=O)cc1. The minimum Gasteiger partial charge on any atom is -0.351 e. The zero-order chi connectivity index (χ0) is 20.3. The van der Waals surface area contributed by atoms with Crippen molar-refractivity contribution in [3.8, 4) is 0 Å². The molecular weight excluding hydrogens is 400 g/mol. The van der Waals surface area contributed by atoms with Crippen LogP contribution in [-0.4, -0.2) is 23.1 Å². The third-order valence-corrected chi connectivity index (χ3v) is 5.70. The van der Waals surface area contributed by atoms with Gasteiger partial charge in [0.2, 0.25) is 11.8 Å². The number of hydrogen-bond acceptors (Lipinski definition) is 4. The summed E-state index contributed by atoms with van der Waals surface area (Å²) in [6.07, 6.45) is 0.0597. The largest absolute Gasteiger partial charge is 0.351 e. The molecule has 2 unspecified atom stereocenters. The Hall–Kier alpha value is -2.71. The maximum atomic E-state index is 12.4. The van der Waals surface area contributed by atoms with E-state index in [0.717, 1.165) is 10.5 Å². The maximum absolute atomic E-state index is 12.4. The van der Waals surface area contributed by atoms with Gasteiger partial charge in [-0.05, 0) is 42.8 Å². The van der Waals surface area contributed by atoms with Gasteiger partial charge in [0, 0.05) is 22.0 Å². The fourth-order valence-corrected chi connectivity index (χ4v) is 4.07. The number of rotatable bonds is 5. The van der Waals surface area contributed by atoms with E-state index in [9.17, 15) is 14.4 Å². The highest BCUT2D eigenvalue weighted by molar-refractivity contribution is 8.01. The van der Waals surface area contributed by atoms with Crippen molar-refractivity contribution < 1.29 is 14.4 Å². The molecule has 0 aromatic heterocycles. The fraction of sp³-hybridized carbons (Fsp3) is 0.211. The standard InChI is InChI=1S/C19H19ClN4O3S/c1-10(11-2-5-13(6-3-11)23-19(21)27)22-17(25)9-16-18(26)24-14-8-12(20)4-7-15(14)28-16/h2-8,10,16H,9H2,1H3,(H,22,25)(H,24,26)(H3,21,23,27). The van der Waals surface area contributed by atoms with E-state index in [1.165, 1.54) is 11.8 Å². The molecule has 0 saturated carbocycles. The number of nitrogens with two attached hydrogens (primary N) is 1. The number of thioether (sulfide) groups is 1. The molecule has 1 aliphatic rings. The van der Waals surface area contributed by atoms with Gasteiger partial charge in [0.25, 0.3) is 0 Å². The van der Waals surface area contributed by atoms with Gasteiger partial charge in [0.05, 0.1) is 17.0 Å². The summed E-state index contributed by atoms with van der Waals surface area (Å²) in [5.41, 5.74) is 7.18. The van der Waals surface area contributed by atoms with Gasteiger partial charge < -0.3 is 21.7 Å². The summed E-state index contributed by atoms with van der Waals surface area (Å²) in [5, 5.41) is 8.20. The number of primary amides is 1. The molecule has 9 heteroatoms. The van der Waals surface area contributed by atoms with Crippen LogP contribution in [0.1, 0.15) is 24.9 Å². The van der Waals surface area contributed by atoms with Crippen LogP contribution in [0.15, 0.2) is 47.4 Å². The number of urea groups is 1. The van der Waals surface area contributed by atoms with Crippen molar-refractivity contribution >= 4 is 52.6 Å². The number of fused-ring (bicyclic) bond motifs is 1. The van der Waals surface area contributed by atoms with Gasteiger partial charge in [-0.2, -0.15) is 0 Å². The summed E-state index contributed by atoms with van der Waals surface area (Å²) in [5.74, 6) is -0.443. The molecule has 2 aromatic carbocycles. The van der Waals surface area contributed by atoms with E-state index in [1.807, 2.05) is 13.0 Å². The van der Waals surface area contributed by atoms with E-state index >= 15 is 0 Å². The molecule has 2 atom stereocenters. The summed E-state index contributed by atoms with van der Waals surface area (Å²) < 4.78 is 0. The Morgan fingerprint density at radius 1 is 1.25 bits per heavy atom. The third-order valence-electron chi connectivity index (χ3n) is 4.19. The van der Waals surface area contributed by atoms with Crippen LogP contribution in [0.5, 0.6) is 0 Å². The molecule has 0 bridgehead atoms. The second-order valence-electron chi connectivity index (χ2n) is 6.34. The van der Waals surface area contributed by atoms with E-state index in [4.69, 9.17) is 17.3 Å². The molecule has 3 rings (SSSR count). The summed E-state index contributed by atoms with van der Waals surface area (Å²) in [4.78, 5) is 36.4. The van der Waals surface area contributed by atoms with Crippen molar-refractivity contribution in [3.05, 3.63) is 53.1 Å². The Bertz CT molecular complexity index is 920. The van der Waals surface area contributed by atoms with Crippen LogP contribution < -0.4 is 21.7 Å². The monoisotopic (exact) mass is 418 g/mol. The van der Waals surface area contributed by atoms with Crippen LogP contribution in [0.4, 0.5) is 16.2 Å². The number of nitrogens with one attached hydrogen (secondary N) is 3. The van der Waals surface area contributed by atoms with Crippen LogP contribution in [0.3, 0.4) is 0 Å². The lowest BCUT2D eigenvalue weighted by Crippen LogP contribution is -2.35. The molecule has 4 amide bonds. The van der Waals surface area contributed by atoms with Crippen molar-refractivity contribution in [1.82, 2.24) is 5.32 Å². The lowest BCUT2D eigenvalue weighted by molar-refractivity contribution is -0.124. The van der Waals surface area contributed by atoms with Crippen molar-refractivity contribution in [2.45, 2.75) is 29.5 Å². The molecule has 5 N–H and O–H groups in total. The minimum atomic E-state index is -0.638. The molecule has 1 aliphatic heterocycles. The predicted octanol–water partition coefficient (Wildman–Crippen LogP) is 3.51. The van der Waals surface area contributed by atoms with E-state index in [0.29, 0.717) is 16.4 Å². The van der Waals surface area contributed by atoms with E-state index in [1.54, 1.807) is 36.4 Å². The molecule has 0 fully saturated rings. The lowest BCUT2D eigenvalue weighted by atomic mass is 10.1. The number of carbonyl (C=O) groups excluding carboxylic acids is 3. The van der Waals surface area contributed by atoms with Gasteiger partial charge >= 0.3 is 6.03 Å². The summed E-state index contributed by atoms with van der Waals surface area (Å²) >= 11 is 7.29. The number of carbonyl (C=O) groups is 3. The molecule has 0 radical (unpaired) electrons. The number of amides is 4. The van der Waals surface area contributed by atoms with Gasteiger partial charge in [-0.25, -0.2) is 4.79 Å². The van der Waals surface area contributed by atoms with Crippen LogP contribution in [0.25, 0.3) is 0 Å². The maximum Gasteiger partial charge on any atom is 0.316 e. The lowest BCUT2D eigenvalue weighted by Gasteiger charge is -2.24. The Morgan fingerprint density at radius 2 is 1.96 bits per heavy atom. The highest BCUT2D eigenvalue weighted by Gasteiger charge is 2.29. The average Bonchev–Trinajstić information content (AvgIpc) is 2.62. The highest BCUT2D eigenvalue weighted by atomic mass is 35.5. The van der Waals surface area contributed by atoms with Crippen molar-refractivity contribution in [3.63, 3.8) is 0 Å². The van der Waals surface area contributed by atoms with Crippen LogP contribution in [0.2, 0.25) is 5.02 Å². The van der Waals surface area contributed by atoms with Crippen molar-refractivity contribution in [2.24, 2.45) is 5.73 Å². The first-order valence-electron chi connectivity index (χ1n) is 8.54. The molecule has 0 spiro atoms. The molecule has 0 aliphatic carbocycles. The van der Waals surface area contributed by atoms with Crippen LogP contribution in [0, 0.1) is 0 Å². The number of anilines is 2. The van der Waals surface area contributed by atoms with Gasteiger partial charge in [0.1, 0.15) is 0 Å². The normalized spacial score (nSPS) is 16.5. The minimum absolute atomic E-state index is 0.0597. The van der Waals surface area contributed by atoms with Gasteiger partial charge in [-0.3, -0.25) is 9.59 Å². The van der Waals surface area contributed by atoms with Crippen LogP contribution >= 0.6 is 23.4 Å². The fourth-order valence-electron chi connectivity index (χ4n) is 2.81. The predicted molar refractivity (Wildman–Crippen MR) is 111 cm³/mol. The first-order chi connectivity index (χ1) is 13.3. The number of benzene rings is 2. The Morgan fingerprint density at radius 3 is 2.64 bits per heavy atom. The second kappa shape index (κ2) is 8.53. The van der Waals surface area contributed by atoms with Crippen LogP contribution in [-0.2, 0) is 9.59 Å². The third kappa shape index (κ3) is 4.96. The summed E-state index contributed by atoms with van der Waals surface area (Å²) in [6.45, 7) is 1.85. The van der Waals surface area contributed by atoms with Gasteiger partial charge in [-0.15, -0.1) is 11.8 Å². The van der Waals surface area contributed by atoms with Crippen molar-refractivity contribution in [2.75, 3.05) is 10.6 Å². The molecule has 146 valence electrons. The molecule has 28 heavy (non-hydrogen) atoms. The Kier molecular flexibility index (Phi) is 6.11. The quantitative estimate of drug-likeness (QED) is 0.594. The molecule has 7 nitrogen and oxygen atoms in total. The molecule has 1 heterocycles. The van der Waals surface area contributed by atoms with Gasteiger partial charge in [0.15, 0.2) is 0 Å². The first-order valence-corrected chi connectivity index (χ1v) is 9.80. The van der Waals surface area contributed by atoms with E-state index in [2.05, 4.69) is 16.0 Å². The zero-order valence-electron chi connectivity index (χ0n) is 15.0.